The molecule has 11 nitrogen and oxygen atoms in total. The minimum atomic E-state index is -5.43. The molecule has 4 aromatic carbocycles. The maximum absolute atomic E-state index is 14.0. The molecule has 13 heteroatoms. The van der Waals surface area contributed by atoms with Gasteiger partial charge in [0, 0.05) is 0 Å². The van der Waals surface area contributed by atoms with Crippen LogP contribution in [-0.2, 0) is 42.3 Å². The maximum atomic E-state index is 14.0. The van der Waals surface area contributed by atoms with Crippen molar-refractivity contribution in [2.45, 2.75) is 5.02 Å². The number of rotatable bonds is 7. The molecule has 4 saturated heterocycles. The molecular formula is C34H31N3O8P2. The van der Waals surface area contributed by atoms with Gasteiger partial charge in [-0.3, -0.25) is 0 Å². The van der Waals surface area contributed by atoms with E-state index in [0.29, 0.717) is 21.9 Å². The first kappa shape index (κ1) is 29.7. The van der Waals surface area contributed by atoms with E-state index in [9.17, 15) is 19.2 Å². The van der Waals surface area contributed by atoms with Gasteiger partial charge in [0.25, 0.3) is 0 Å². The van der Waals surface area contributed by atoms with Crippen LogP contribution in [0.3, 0.4) is 0 Å². The number of carbonyl (C=O) groups is 4. The molecule has 8 rings (SSSR count). The summed E-state index contributed by atoms with van der Waals surface area (Å²) in [7, 11) is -9.07. The van der Waals surface area contributed by atoms with Gasteiger partial charge in [0.2, 0.25) is 0 Å². The van der Waals surface area contributed by atoms with Gasteiger partial charge in [0.05, 0.1) is 0 Å². The van der Waals surface area contributed by atoms with Crippen molar-refractivity contribution in [3.05, 3.63) is 127 Å². The third-order valence-corrected chi connectivity index (χ3v) is 22.3. The van der Waals surface area contributed by atoms with Crippen molar-refractivity contribution in [3.8, 4) is 0 Å². The average molecular weight is 672 g/mol. The van der Waals surface area contributed by atoms with Crippen LogP contribution in [0.15, 0.2) is 121 Å². The molecule has 47 heavy (non-hydrogen) atoms. The molecular weight excluding hydrogens is 640 g/mol. The van der Waals surface area contributed by atoms with Gasteiger partial charge in [-0.1, -0.05) is 0 Å². The molecule has 0 aliphatic carbocycles. The van der Waals surface area contributed by atoms with Crippen LogP contribution in [0.4, 0.5) is 5.69 Å². The molecule has 4 fully saturated rings. The first-order valence-corrected chi connectivity index (χ1v) is 19.2. The molecule has 4 aliphatic heterocycles. The first-order valence-electron chi connectivity index (χ1n) is 15.1. The van der Waals surface area contributed by atoms with E-state index in [2.05, 4.69) is 0 Å². The number of hydrogen-bond donors (Lipinski definition) is 0. The molecule has 0 aromatic heterocycles. The number of para-hydroxylation sites is 1. The van der Waals surface area contributed by atoms with Crippen LogP contribution in [0.5, 0.6) is 0 Å². The first-order chi connectivity index (χ1) is 22.7. The molecule has 0 atom stereocenters. The summed E-state index contributed by atoms with van der Waals surface area (Å²) < 4.78 is 30.8. The second-order valence-electron chi connectivity index (χ2n) is 11.9. The predicted molar refractivity (Wildman–Crippen MR) is 176 cm³/mol. The molecule has 0 amide bonds. The van der Waals surface area contributed by atoms with E-state index in [1.54, 1.807) is 64.9 Å². The van der Waals surface area contributed by atoms with Crippen molar-refractivity contribution < 1.29 is 37.3 Å². The fourth-order valence-corrected chi connectivity index (χ4v) is 23.5. The van der Waals surface area contributed by atoms with Crippen LogP contribution in [0.2, 0.25) is 0 Å². The topological polar surface area (TPSA) is 115 Å². The zero-order chi connectivity index (χ0) is 32.5. The molecule has 4 aliphatic rings. The van der Waals surface area contributed by atoms with Gasteiger partial charge in [0.15, 0.2) is 0 Å². The van der Waals surface area contributed by atoms with E-state index in [-0.39, 0.29) is 26.2 Å². The van der Waals surface area contributed by atoms with Crippen molar-refractivity contribution >= 4 is 54.6 Å². The Balaban J connectivity index is 1.72. The summed E-state index contributed by atoms with van der Waals surface area (Å²) in [5.41, 5.74) is 1.05. The average Bonchev–Trinajstić information content (AvgIpc) is 3.73. The van der Waals surface area contributed by atoms with Gasteiger partial charge in [-0.15, -0.1) is 0 Å². The van der Waals surface area contributed by atoms with E-state index < -0.39 is 43.3 Å². The Kier molecular flexibility index (Phi) is 6.28. The van der Waals surface area contributed by atoms with E-state index in [4.69, 9.17) is 18.1 Å². The van der Waals surface area contributed by atoms with Crippen LogP contribution < -0.4 is 15.5 Å². The zero-order valence-electron chi connectivity index (χ0n) is 25.4. The number of hydrogen-bond acceptors (Lipinski definition) is 11. The summed E-state index contributed by atoms with van der Waals surface area (Å²) in [6.45, 7) is -1.17. The van der Waals surface area contributed by atoms with Gasteiger partial charge in [-0.25, -0.2) is 0 Å². The van der Waals surface area contributed by atoms with Crippen molar-refractivity contribution in [2.75, 3.05) is 38.1 Å². The Morgan fingerprint density at radius 2 is 0.830 bits per heavy atom. The van der Waals surface area contributed by atoms with Crippen LogP contribution >= 0.6 is 14.4 Å². The summed E-state index contributed by atoms with van der Waals surface area (Å²) in [5.74, 6) is -2.53. The molecule has 0 saturated carbocycles. The van der Waals surface area contributed by atoms with E-state index in [1.165, 1.54) is 0 Å². The molecule has 4 aromatic rings. The van der Waals surface area contributed by atoms with Crippen molar-refractivity contribution in [2.24, 2.45) is 0 Å². The molecule has 240 valence electrons. The SMILES string of the molecule is CN(c1ccccc1)C(c1ccccc1)(P12(c3ccccc3)OC(=O)CN1CC(=O)O2)P12(c3ccccc3)OC(=O)CN1CC(=O)O2. The summed E-state index contributed by atoms with van der Waals surface area (Å²) in [4.78, 5) is 57.9. The number of fused-ring (bicyclic) bond motifs is 2. The number of benzene rings is 4. The van der Waals surface area contributed by atoms with Gasteiger partial charge in [0.1, 0.15) is 0 Å². The monoisotopic (exact) mass is 671 g/mol. The molecule has 0 radical (unpaired) electrons. The molecule has 0 N–H and O–H groups in total. The second-order valence-corrected chi connectivity index (χ2v) is 20.1. The molecule has 4 heterocycles. The Morgan fingerprint density at radius 3 is 1.19 bits per heavy atom. The van der Waals surface area contributed by atoms with Gasteiger partial charge >= 0.3 is 271 Å². The van der Waals surface area contributed by atoms with Gasteiger partial charge < -0.3 is 0 Å². The zero-order valence-corrected chi connectivity index (χ0v) is 27.2. The minimum absolute atomic E-state index is 0.293. The van der Waals surface area contributed by atoms with Crippen LogP contribution in [0.25, 0.3) is 0 Å². The normalized spacial score (nSPS) is 24.9. The number of carbonyl (C=O) groups excluding carboxylic acids is 4. The molecule has 0 spiro atoms. The third-order valence-electron chi connectivity index (χ3n) is 9.65. The Morgan fingerprint density at radius 1 is 0.511 bits per heavy atom. The van der Waals surface area contributed by atoms with Crippen molar-refractivity contribution in [1.82, 2.24) is 9.34 Å². The summed E-state index contributed by atoms with van der Waals surface area (Å²) >= 11 is 0. The standard InChI is InChI=1S/C34H31N3O8P2/c1-35(27-16-8-3-9-17-27)34(26-14-6-2-7-15-26,46(28-18-10-4-11-19-28)36(22-30(38)42-46)23-31(39)43-46)47(29-20-12-5-13-21-29)37(24-32(40)44-47)25-33(41)45-47/h2-21H,22-25H2,1H3. The van der Waals surface area contributed by atoms with Crippen LogP contribution in [0.1, 0.15) is 5.56 Å². The number of nitrogens with zero attached hydrogens (tertiary/aromatic N) is 3. The van der Waals surface area contributed by atoms with E-state index in [0.717, 1.165) is 0 Å². The molecule has 0 bridgehead atoms. The van der Waals surface area contributed by atoms with Gasteiger partial charge in [-0.05, 0) is 0 Å². The quantitative estimate of drug-likeness (QED) is 0.266. The fourth-order valence-electron chi connectivity index (χ4n) is 8.27. The van der Waals surface area contributed by atoms with E-state index >= 15 is 0 Å². The van der Waals surface area contributed by atoms with E-state index in [1.807, 2.05) is 77.7 Å². The number of anilines is 1. The Bertz CT molecular complexity index is 1810. The summed E-state index contributed by atoms with van der Waals surface area (Å²) in [6.07, 6.45) is 0. The van der Waals surface area contributed by atoms with Crippen molar-refractivity contribution in [3.63, 3.8) is 0 Å². The van der Waals surface area contributed by atoms with Crippen LogP contribution in [0, 0.1) is 0 Å². The van der Waals surface area contributed by atoms with Gasteiger partial charge in [-0.2, -0.15) is 0 Å². The van der Waals surface area contributed by atoms with Crippen molar-refractivity contribution in [1.29, 1.82) is 0 Å². The van der Waals surface area contributed by atoms with Crippen LogP contribution in [-0.4, -0.2) is 66.4 Å². The third kappa shape index (κ3) is 3.30. The summed E-state index contributed by atoms with van der Waals surface area (Å²) in [6, 6.07) is 36.1. The second kappa shape index (κ2) is 9.92. The molecule has 0 unspecified atom stereocenters. The summed E-state index contributed by atoms with van der Waals surface area (Å²) in [5, 5.41) is -1.25. The fraction of sp³-hybridized carbons (Fsp3) is 0.176. The Labute approximate surface area is 270 Å². The predicted octanol–water partition coefficient (Wildman–Crippen LogP) is 4.01. The Hall–Kier alpha value is -4.66.